The van der Waals surface area contributed by atoms with Crippen molar-refractivity contribution in [1.29, 1.82) is 5.26 Å². The van der Waals surface area contributed by atoms with Crippen LogP contribution in [0.15, 0.2) is 5.38 Å². The normalized spacial score (nSPS) is 13.6. The number of rotatable bonds is 2. The van der Waals surface area contributed by atoms with E-state index < -0.39 is 0 Å². The van der Waals surface area contributed by atoms with Crippen LogP contribution in [0.2, 0.25) is 0 Å². The number of thiazole rings is 1. The van der Waals surface area contributed by atoms with E-state index in [1.807, 2.05) is 5.38 Å². The third-order valence-electron chi connectivity index (χ3n) is 1.88. The van der Waals surface area contributed by atoms with E-state index in [1.54, 1.807) is 18.4 Å². The van der Waals surface area contributed by atoms with Gasteiger partial charge >= 0.3 is 0 Å². The smallest absolute Gasteiger partial charge is 0.139 e. The van der Waals surface area contributed by atoms with Gasteiger partial charge in [-0.05, 0) is 7.05 Å². The Bertz CT molecular complexity index is 343. The number of hydrogen-bond donors (Lipinski definition) is 1. The molecule has 4 heteroatoms. The number of aromatic nitrogens is 1. The highest BCUT2D eigenvalue weighted by Crippen LogP contribution is 2.27. The van der Waals surface area contributed by atoms with Crippen LogP contribution in [0, 0.1) is 11.3 Å². The maximum atomic E-state index is 8.84. The largest absolute Gasteiger partial charge is 0.300 e. The first-order chi connectivity index (χ1) is 6.49. The predicted octanol–water partition coefficient (Wildman–Crippen LogP) is 2.22. The molecule has 1 unspecified atom stereocenters. The summed E-state index contributed by atoms with van der Waals surface area (Å²) < 4.78 is 0. The summed E-state index contributed by atoms with van der Waals surface area (Å²) in [7, 11) is 1.77. The molecule has 0 amide bonds. The SMILES string of the molecule is CNC(C#N)c1csc(C(C)(C)C)n1. The van der Waals surface area contributed by atoms with E-state index in [0.717, 1.165) is 10.7 Å². The van der Waals surface area contributed by atoms with Crippen LogP contribution in [-0.4, -0.2) is 12.0 Å². The van der Waals surface area contributed by atoms with Crippen LogP contribution >= 0.6 is 11.3 Å². The Morgan fingerprint density at radius 2 is 2.21 bits per heavy atom. The van der Waals surface area contributed by atoms with E-state index in [1.165, 1.54) is 0 Å². The Morgan fingerprint density at radius 1 is 1.57 bits per heavy atom. The van der Waals surface area contributed by atoms with Gasteiger partial charge in [0, 0.05) is 10.8 Å². The van der Waals surface area contributed by atoms with Gasteiger partial charge in [0.15, 0.2) is 0 Å². The summed E-state index contributed by atoms with van der Waals surface area (Å²) in [5.41, 5.74) is 0.890. The van der Waals surface area contributed by atoms with Crippen molar-refractivity contribution >= 4 is 11.3 Å². The van der Waals surface area contributed by atoms with Crippen LogP contribution in [-0.2, 0) is 5.41 Å². The zero-order valence-electron chi connectivity index (χ0n) is 8.96. The molecule has 0 bridgehead atoms. The van der Waals surface area contributed by atoms with Crippen molar-refractivity contribution < 1.29 is 0 Å². The van der Waals surface area contributed by atoms with Gasteiger partial charge in [-0.25, -0.2) is 4.98 Å². The van der Waals surface area contributed by atoms with Gasteiger partial charge in [0.05, 0.1) is 16.8 Å². The Balaban J connectivity index is 2.94. The van der Waals surface area contributed by atoms with Crippen molar-refractivity contribution in [3.63, 3.8) is 0 Å². The number of nitrogens with one attached hydrogen (secondary N) is 1. The van der Waals surface area contributed by atoms with E-state index >= 15 is 0 Å². The van der Waals surface area contributed by atoms with E-state index in [-0.39, 0.29) is 11.5 Å². The third kappa shape index (κ3) is 2.31. The lowest BCUT2D eigenvalue weighted by atomic mass is 9.98. The molecule has 0 radical (unpaired) electrons. The van der Waals surface area contributed by atoms with Crippen LogP contribution in [0.25, 0.3) is 0 Å². The van der Waals surface area contributed by atoms with Crippen LogP contribution < -0.4 is 5.32 Å². The Hall–Kier alpha value is -0.920. The monoisotopic (exact) mass is 209 g/mol. The molecule has 1 N–H and O–H groups in total. The molecule has 0 aliphatic heterocycles. The Morgan fingerprint density at radius 3 is 2.57 bits per heavy atom. The molecule has 3 nitrogen and oxygen atoms in total. The fraction of sp³-hybridized carbons (Fsp3) is 0.600. The summed E-state index contributed by atoms with van der Waals surface area (Å²) in [6.45, 7) is 6.36. The summed E-state index contributed by atoms with van der Waals surface area (Å²) in [5, 5.41) is 14.8. The quantitative estimate of drug-likeness (QED) is 0.812. The number of nitriles is 1. The molecule has 0 aromatic carbocycles. The maximum Gasteiger partial charge on any atom is 0.139 e. The van der Waals surface area contributed by atoms with Crippen LogP contribution in [0.5, 0.6) is 0 Å². The molecule has 0 aliphatic rings. The van der Waals surface area contributed by atoms with Gasteiger partial charge in [-0.1, -0.05) is 20.8 Å². The molecule has 0 aliphatic carbocycles. The zero-order valence-corrected chi connectivity index (χ0v) is 9.77. The molecule has 14 heavy (non-hydrogen) atoms. The molecule has 0 spiro atoms. The molecule has 1 aromatic rings. The van der Waals surface area contributed by atoms with E-state index in [0.29, 0.717) is 0 Å². The summed E-state index contributed by atoms with van der Waals surface area (Å²) in [5.74, 6) is 0. The lowest BCUT2D eigenvalue weighted by Gasteiger charge is -2.13. The van der Waals surface area contributed by atoms with Gasteiger partial charge in [0.1, 0.15) is 6.04 Å². The second-order valence-electron chi connectivity index (χ2n) is 4.18. The second kappa shape index (κ2) is 4.07. The topological polar surface area (TPSA) is 48.7 Å². The Labute approximate surface area is 88.8 Å². The fourth-order valence-electron chi connectivity index (χ4n) is 1.04. The van der Waals surface area contributed by atoms with E-state index in [2.05, 4.69) is 37.1 Å². The highest BCUT2D eigenvalue weighted by atomic mass is 32.1. The molecule has 1 atom stereocenters. The Kier molecular flexibility index (Phi) is 3.25. The predicted molar refractivity (Wildman–Crippen MR) is 58.2 cm³/mol. The first-order valence-electron chi connectivity index (χ1n) is 4.52. The lowest BCUT2D eigenvalue weighted by molar-refractivity contribution is 0.579. The van der Waals surface area contributed by atoms with Crippen molar-refractivity contribution in [1.82, 2.24) is 10.3 Å². The zero-order chi connectivity index (χ0) is 10.8. The van der Waals surface area contributed by atoms with Crippen molar-refractivity contribution in [2.24, 2.45) is 0 Å². The van der Waals surface area contributed by atoms with Gasteiger partial charge in [-0.15, -0.1) is 11.3 Å². The summed E-state index contributed by atoms with van der Waals surface area (Å²) in [6, 6.07) is 1.88. The molecule has 1 aromatic heterocycles. The average molecular weight is 209 g/mol. The minimum Gasteiger partial charge on any atom is -0.300 e. The molecule has 1 heterocycles. The van der Waals surface area contributed by atoms with Crippen LogP contribution in [0.1, 0.15) is 37.5 Å². The van der Waals surface area contributed by atoms with E-state index in [4.69, 9.17) is 5.26 Å². The van der Waals surface area contributed by atoms with E-state index in [9.17, 15) is 0 Å². The molecule has 1 rings (SSSR count). The second-order valence-corrected chi connectivity index (χ2v) is 5.04. The molecule has 76 valence electrons. The summed E-state index contributed by atoms with van der Waals surface area (Å²) >= 11 is 1.61. The third-order valence-corrected chi connectivity index (χ3v) is 3.16. The minimum absolute atomic E-state index is 0.0661. The summed E-state index contributed by atoms with van der Waals surface area (Å²) in [6.07, 6.45) is 0. The summed E-state index contributed by atoms with van der Waals surface area (Å²) in [4.78, 5) is 4.46. The van der Waals surface area contributed by atoms with Gasteiger partial charge in [0.25, 0.3) is 0 Å². The van der Waals surface area contributed by atoms with Crippen molar-refractivity contribution in [3.8, 4) is 6.07 Å². The molecular formula is C10H15N3S. The van der Waals surface area contributed by atoms with Crippen molar-refractivity contribution in [3.05, 3.63) is 16.1 Å². The molecule has 0 fully saturated rings. The van der Waals surface area contributed by atoms with Crippen LogP contribution in [0.3, 0.4) is 0 Å². The average Bonchev–Trinajstić information content (AvgIpc) is 2.54. The number of hydrogen-bond acceptors (Lipinski definition) is 4. The van der Waals surface area contributed by atoms with Gasteiger partial charge in [-0.2, -0.15) is 5.26 Å². The van der Waals surface area contributed by atoms with Gasteiger partial charge in [0.2, 0.25) is 0 Å². The number of nitrogens with zero attached hydrogens (tertiary/aromatic N) is 2. The van der Waals surface area contributed by atoms with Gasteiger partial charge < -0.3 is 0 Å². The van der Waals surface area contributed by atoms with Crippen molar-refractivity contribution in [2.45, 2.75) is 32.2 Å². The van der Waals surface area contributed by atoms with Gasteiger partial charge in [-0.3, -0.25) is 5.32 Å². The highest BCUT2D eigenvalue weighted by molar-refractivity contribution is 7.09. The fourth-order valence-corrected chi connectivity index (χ4v) is 1.97. The molecule has 0 saturated heterocycles. The first-order valence-corrected chi connectivity index (χ1v) is 5.40. The minimum atomic E-state index is -0.289. The molecule has 0 saturated carbocycles. The molecular weight excluding hydrogens is 194 g/mol. The highest BCUT2D eigenvalue weighted by Gasteiger charge is 2.20. The van der Waals surface area contributed by atoms with Crippen LogP contribution in [0.4, 0.5) is 0 Å². The standard InChI is InChI=1S/C10H15N3S/c1-10(2,3)9-13-8(6-14-9)7(5-11)12-4/h6-7,12H,1-4H3. The maximum absolute atomic E-state index is 8.84. The first kappa shape index (κ1) is 11.2. The lowest BCUT2D eigenvalue weighted by Crippen LogP contribution is -2.16. The van der Waals surface area contributed by atoms with Crippen molar-refractivity contribution in [2.75, 3.05) is 7.05 Å².